The van der Waals surface area contributed by atoms with Gasteiger partial charge < -0.3 is 5.32 Å². The molecule has 8 heteroatoms. The van der Waals surface area contributed by atoms with Gasteiger partial charge in [-0.1, -0.05) is 29.5 Å². The van der Waals surface area contributed by atoms with Gasteiger partial charge in [0.1, 0.15) is 16.1 Å². The van der Waals surface area contributed by atoms with Crippen molar-refractivity contribution in [3.05, 3.63) is 21.0 Å². The Kier molecular flexibility index (Phi) is 5.30. The molecule has 0 spiro atoms. The van der Waals surface area contributed by atoms with Gasteiger partial charge in [0.05, 0.1) is 11.3 Å². The highest BCUT2D eigenvalue weighted by atomic mass is 32.2. The number of nitrogens with one attached hydrogen (secondary N) is 1. The number of nitrogens with zero attached hydrogens (tertiary/aromatic N) is 3. The predicted octanol–water partition coefficient (Wildman–Crippen LogP) is 3.78. The maximum Gasteiger partial charge on any atom is 0.235 e. The Hall–Kier alpha value is -1.43. The largest absolute Gasteiger partial charge is 0.316 e. The van der Waals surface area contributed by atoms with E-state index >= 15 is 0 Å². The number of aromatic nitrogens is 2. The molecule has 23 heavy (non-hydrogen) atoms. The van der Waals surface area contributed by atoms with Gasteiger partial charge in [-0.25, -0.2) is 0 Å². The van der Waals surface area contributed by atoms with Gasteiger partial charge in [-0.15, -0.1) is 21.5 Å². The minimum absolute atomic E-state index is 0.101. The number of hydrogen-bond donors (Lipinski definition) is 1. The number of hydrogen-bond acceptors (Lipinski definition) is 7. The molecule has 0 radical (unpaired) electrons. The van der Waals surface area contributed by atoms with Crippen LogP contribution >= 0.6 is 34.4 Å². The molecule has 0 aromatic carbocycles. The molecule has 120 valence electrons. The molecular formula is C15H16N4OS3. The van der Waals surface area contributed by atoms with Gasteiger partial charge >= 0.3 is 0 Å². The molecule has 0 atom stereocenters. The van der Waals surface area contributed by atoms with Crippen LogP contribution in [0.2, 0.25) is 0 Å². The number of anilines is 1. The van der Waals surface area contributed by atoms with E-state index in [2.05, 4.69) is 21.6 Å². The van der Waals surface area contributed by atoms with Crippen molar-refractivity contribution >= 4 is 45.3 Å². The lowest BCUT2D eigenvalue weighted by Gasteiger charge is -2.02. The summed E-state index contributed by atoms with van der Waals surface area (Å²) in [6, 6.07) is 2.28. The number of carbonyl (C=O) groups excluding carboxylic acids is 1. The van der Waals surface area contributed by atoms with E-state index in [-0.39, 0.29) is 11.7 Å². The second-order valence-electron chi connectivity index (χ2n) is 5.30. The van der Waals surface area contributed by atoms with Crippen molar-refractivity contribution in [3.63, 3.8) is 0 Å². The predicted molar refractivity (Wildman–Crippen MR) is 94.3 cm³/mol. The van der Waals surface area contributed by atoms with Gasteiger partial charge in [0.25, 0.3) is 0 Å². The molecule has 5 nitrogen and oxygen atoms in total. The van der Waals surface area contributed by atoms with Gasteiger partial charge in [0, 0.05) is 4.88 Å². The second kappa shape index (κ2) is 7.43. The maximum atomic E-state index is 12.2. The molecule has 3 rings (SSSR count). The SMILES string of the molecule is Cc1nnc(SCC(=O)Nc2sc3c(c2C#N)CCCCC3)s1. The lowest BCUT2D eigenvalue weighted by molar-refractivity contribution is -0.113. The van der Waals surface area contributed by atoms with Crippen LogP contribution in [0.1, 0.15) is 40.3 Å². The summed E-state index contributed by atoms with van der Waals surface area (Å²) < 4.78 is 0.792. The van der Waals surface area contributed by atoms with Crippen LogP contribution in [-0.2, 0) is 17.6 Å². The van der Waals surface area contributed by atoms with Crippen LogP contribution in [0.3, 0.4) is 0 Å². The molecule has 0 aliphatic heterocycles. The lowest BCUT2D eigenvalue weighted by Crippen LogP contribution is -2.13. The van der Waals surface area contributed by atoms with E-state index in [0.29, 0.717) is 10.6 Å². The zero-order valence-corrected chi connectivity index (χ0v) is 15.2. The van der Waals surface area contributed by atoms with Crippen molar-refractivity contribution in [2.45, 2.75) is 43.4 Å². The van der Waals surface area contributed by atoms with E-state index in [1.54, 1.807) is 11.3 Å². The summed E-state index contributed by atoms with van der Waals surface area (Å²) in [7, 11) is 0. The zero-order chi connectivity index (χ0) is 16.2. The fraction of sp³-hybridized carbons (Fsp3) is 0.467. The van der Waals surface area contributed by atoms with Crippen LogP contribution in [-0.4, -0.2) is 21.9 Å². The van der Waals surface area contributed by atoms with Crippen molar-refractivity contribution < 1.29 is 4.79 Å². The lowest BCUT2D eigenvalue weighted by atomic mass is 10.1. The van der Waals surface area contributed by atoms with Gasteiger partial charge in [0.2, 0.25) is 5.91 Å². The Labute approximate surface area is 147 Å². The van der Waals surface area contributed by atoms with Crippen LogP contribution < -0.4 is 5.32 Å². The Bertz CT molecular complexity index is 759. The van der Waals surface area contributed by atoms with E-state index in [1.807, 2.05) is 6.92 Å². The van der Waals surface area contributed by atoms with Crippen molar-refractivity contribution in [1.82, 2.24) is 10.2 Å². The van der Waals surface area contributed by atoms with Crippen molar-refractivity contribution in [2.75, 3.05) is 11.1 Å². The molecule has 1 aliphatic carbocycles. The number of fused-ring (bicyclic) bond motifs is 1. The molecule has 2 heterocycles. The maximum absolute atomic E-state index is 12.2. The molecule has 0 saturated carbocycles. The number of rotatable bonds is 4. The summed E-state index contributed by atoms with van der Waals surface area (Å²) in [6.45, 7) is 1.89. The molecule has 2 aromatic heterocycles. The van der Waals surface area contributed by atoms with E-state index in [1.165, 1.54) is 34.4 Å². The van der Waals surface area contributed by atoms with E-state index < -0.39 is 0 Å². The third-order valence-electron chi connectivity index (χ3n) is 3.62. The highest BCUT2D eigenvalue weighted by Crippen LogP contribution is 2.37. The number of amides is 1. The normalized spacial score (nSPS) is 13.9. The molecule has 0 saturated heterocycles. The molecule has 0 bridgehead atoms. The minimum Gasteiger partial charge on any atom is -0.316 e. The first-order valence-corrected chi connectivity index (χ1v) is 10.1. The van der Waals surface area contributed by atoms with E-state index in [0.717, 1.165) is 40.6 Å². The van der Waals surface area contributed by atoms with Gasteiger partial charge in [-0.05, 0) is 38.2 Å². The average molecular weight is 365 g/mol. The number of nitriles is 1. The number of thiophene rings is 1. The van der Waals surface area contributed by atoms with Crippen LogP contribution in [0.25, 0.3) is 0 Å². The monoisotopic (exact) mass is 364 g/mol. The van der Waals surface area contributed by atoms with Gasteiger partial charge in [0.15, 0.2) is 4.34 Å². The van der Waals surface area contributed by atoms with Crippen molar-refractivity contribution in [2.24, 2.45) is 0 Å². The molecular weight excluding hydrogens is 348 g/mol. The fourth-order valence-electron chi connectivity index (χ4n) is 2.58. The van der Waals surface area contributed by atoms with Crippen LogP contribution in [0.15, 0.2) is 4.34 Å². The van der Waals surface area contributed by atoms with Crippen molar-refractivity contribution in [1.29, 1.82) is 5.26 Å². The first-order chi connectivity index (χ1) is 11.2. The van der Waals surface area contributed by atoms with Gasteiger partial charge in [-0.2, -0.15) is 5.26 Å². The quantitative estimate of drug-likeness (QED) is 0.660. The Morgan fingerprint density at radius 2 is 2.13 bits per heavy atom. The molecule has 1 N–H and O–H groups in total. The summed E-state index contributed by atoms with van der Waals surface area (Å²) in [5, 5.41) is 21.9. The summed E-state index contributed by atoms with van der Waals surface area (Å²) in [4.78, 5) is 13.4. The summed E-state index contributed by atoms with van der Waals surface area (Å²) in [6.07, 6.45) is 5.47. The standard InChI is InChI=1S/C15H16N4OS3/c1-9-18-19-15(22-9)21-8-13(20)17-14-11(7-16)10-5-3-2-4-6-12(10)23-14/h2-6,8H2,1H3,(H,17,20). The summed E-state index contributed by atoms with van der Waals surface area (Å²) in [5.74, 6) is 0.179. The zero-order valence-electron chi connectivity index (χ0n) is 12.7. The first-order valence-electron chi connectivity index (χ1n) is 7.44. The molecule has 1 aliphatic rings. The van der Waals surface area contributed by atoms with Crippen molar-refractivity contribution in [3.8, 4) is 6.07 Å². The topological polar surface area (TPSA) is 78.7 Å². The minimum atomic E-state index is -0.101. The Morgan fingerprint density at radius 1 is 1.30 bits per heavy atom. The molecule has 2 aromatic rings. The number of aryl methyl sites for hydroxylation is 2. The smallest absolute Gasteiger partial charge is 0.235 e. The fourth-order valence-corrected chi connectivity index (χ4v) is 5.45. The third-order valence-corrected chi connectivity index (χ3v) is 6.80. The second-order valence-corrected chi connectivity index (χ2v) is 8.81. The van der Waals surface area contributed by atoms with Crippen LogP contribution in [0.5, 0.6) is 0 Å². The average Bonchev–Trinajstić information content (AvgIpc) is 3.01. The molecule has 1 amide bonds. The molecule has 0 fully saturated rings. The Balaban J connectivity index is 1.67. The first kappa shape index (κ1) is 16.4. The molecule has 0 unspecified atom stereocenters. The van der Waals surface area contributed by atoms with Crippen LogP contribution in [0, 0.1) is 18.3 Å². The number of thioether (sulfide) groups is 1. The van der Waals surface area contributed by atoms with Crippen LogP contribution in [0.4, 0.5) is 5.00 Å². The Morgan fingerprint density at radius 3 is 2.87 bits per heavy atom. The highest BCUT2D eigenvalue weighted by molar-refractivity contribution is 8.01. The van der Waals surface area contributed by atoms with E-state index in [4.69, 9.17) is 0 Å². The highest BCUT2D eigenvalue weighted by Gasteiger charge is 2.21. The summed E-state index contributed by atoms with van der Waals surface area (Å²) >= 11 is 4.42. The third kappa shape index (κ3) is 3.91. The van der Waals surface area contributed by atoms with Gasteiger partial charge in [-0.3, -0.25) is 4.79 Å². The van der Waals surface area contributed by atoms with E-state index in [9.17, 15) is 10.1 Å². The number of carbonyl (C=O) groups is 1. The summed E-state index contributed by atoms with van der Waals surface area (Å²) in [5.41, 5.74) is 1.81.